The molecule has 1 atom stereocenters. The summed E-state index contributed by atoms with van der Waals surface area (Å²) < 4.78 is 0. The Morgan fingerprint density at radius 2 is 2.11 bits per heavy atom. The van der Waals surface area contributed by atoms with Gasteiger partial charge < -0.3 is 10.6 Å². The number of amides is 2. The van der Waals surface area contributed by atoms with Crippen LogP contribution < -0.4 is 16.0 Å². The molecule has 1 aliphatic heterocycles. The van der Waals surface area contributed by atoms with E-state index >= 15 is 0 Å². The van der Waals surface area contributed by atoms with Gasteiger partial charge in [0.2, 0.25) is 5.91 Å². The van der Waals surface area contributed by atoms with Gasteiger partial charge in [-0.3, -0.25) is 19.9 Å². The lowest BCUT2D eigenvalue weighted by molar-refractivity contribution is -0.135. The van der Waals surface area contributed by atoms with E-state index in [1.807, 2.05) is 19.1 Å². The Hall–Kier alpha value is -1.95. The van der Waals surface area contributed by atoms with Gasteiger partial charge in [-0.2, -0.15) is 0 Å². The quantitative estimate of drug-likeness (QED) is 0.750. The Balaban J connectivity index is 2.33. The van der Waals surface area contributed by atoms with Crippen molar-refractivity contribution in [3.8, 4) is 0 Å². The average molecular weight is 262 g/mol. The van der Waals surface area contributed by atoms with E-state index in [1.165, 1.54) is 0 Å². The van der Waals surface area contributed by atoms with Gasteiger partial charge in [0.1, 0.15) is 5.54 Å². The highest BCUT2D eigenvalue weighted by Gasteiger charge is 2.41. The van der Waals surface area contributed by atoms with Crippen molar-refractivity contribution in [3.63, 3.8) is 0 Å². The summed E-state index contributed by atoms with van der Waals surface area (Å²) in [5, 5.41) is 2.34. The molecule has 6 nitrogen and oxygen atoms in total. The molecule has 0 aromatic carbocycles. The fourth-order valence-electron chi connectivity index (χ4n) is 2.02. The van der Waals surface area contributed by atoms with Crippen LogP contribution in [0.2, 0.25) is 0 Å². The van der Waals surface area contributed by atoms with E-state index in [9.17, 15) is 9.59 Å². The van der Waals surface area contributed by atoms with Crippen molar-refractivity contribution in [1.29, 1.82) is 0 Å². The molecule has 0 radical (unpaired) electrons. The number of aromatic nitrogens is 1. The monoisotopic (exact) mass is 262 g/mol. The molecule has 102 valence electrons. The minimum absolute atomic E-state index is 0.137. The van der Waals surface area contributed by atoms with Crippen LogP contribution in [0.1, 0.15) is 32.5 Å². The minimum Gasteiger partial charge on any atom is -0.347 e. The molecule has 1 aromatic rings. The van der Waals surface area contributed by atoms with Gasteiger partial charge >= 0.3 is 0 Å². The lowest BCUT2D eigenvalue weighted by Gasteiger charge is -2.41. The summed E-state index contributed by atoms with van der Waals surface area (Å²) in [6, 6.07) is 3.50. The Morgan fingerprint density at radius 1 is 1.42 bits per heavy atom. The number of imide groups is 1. The number of rotatable bonds is 2. The van der Waals surface area contributed by atoms with Crippen LogP contribution in [0, 0.1) is 0 Å². The van der Waals surface area contributed by atoms with Gasteiger partial charge in [0, 0.05) is 6.04 Å². The van der Waals surface area contributed by atoms with Crippen LogP contribution in [0.4, 0.5) is 5.69 Å². The molecule has 1 aliphatic rings. The predicted molar refractivity (Wildman–Crippen MR) is 71.4 cm³/mol. The smallest absolute Gasteiger partial charge is 0.251 e. The lowest BCUT2D eigenvalue weighted by Crippen LogP contribution is -2.64. The minimum atomic E-state index is -0.786. The molecule has 2 rings (SSSR count). The predicted octanol–water partition coefficient (Wildman–Crippen LogP) is 0.343. The van der Waals surface area contributed by atoms with Crippen molar-refractivity contribution in [1.82, 2.24) is 10.3 Å². The van der Waals surface area contributed by atoms with Crippen molar-refractivity contribution >= 4 is 17.5 Å². The van der Waals surface area contributed by atoms with Gasteiger partial charge in [-0.1, -0.05) is 0 Å². The highest BCUT2D eigenvalue weighted by Crippen LogP contribution is 2.26. The summed E-state index contributed by atoms with van der Waals surface area (Å²) in [4.78, 5) is 29.4. The van der Waals surface area contributed by atoms with E-state index in [-0.39, 0.29) is 24.4 Å². The molecule has 0 saturated carbocycles. The van der Waals surface area contributed by atoms with Crippen LogP contribution in [0.5, 0.6) is 0 Å². The lowest BCUT2D eigenvalue weighted by atomic mass is 9.98. The zero-order valence-electron chi connectivity index (χ0n) is 11.3. The summed E-state index contributed by atoms with van der Waals surface area (Å²) in [6.07, 6.45) is 1.65. The summed E-state index contributed by atoms with van der Waals surface area (Å²) in [6.45, 7) is 5.53. The first kappa shape index (κ1) is 13.5. The number of pyridine rings is 1. The first-order valence-corrected chi connectivity index (χ1v) is 6.16. The third kappa shape index (κ3) is 2.44. The molecular formula is C13H18N4O2. The molecule has 1 aromatic heterocycles. The second-order valence-electron chi connectivity index (χ2n) is 5.25. The van der Waals surface area contributed by atoms with Crippen LogP contribution in [0.15, 0.2) is 18.3 Å². The highest BCUT2D eigenvalue weighted by atomic mass is 16.2. The number of carbonyl (C=O) groups excluding carboxylic acids is 2. The van der Waals surface area contributed by atoms with Gasteiger partial charge in [-0.15, -0.1) is 0 Å². The molecule has 1 fully saturated rings. The van der Waals surface area contributed by atoms with Gasteiger partial charge in [-0.05, 0) is 32.9 Å². The molecule has 0 spiro atoms. The maximum absolute atomic E-state index is 11.9. The maximum atomic E-state index is 11.9. The Labute approximate surface area is 112 Å². The number of hydrogen-bond acceptors (Lipinski definition) is 5. The van der Waals surface area contributed by atoms with Gasteiger partial charge in [0.05, 0.1) is 24.1 Å². The summed E-state index contributed by atoms with van der Waals surface area (Å²) in [7, 11) is 0. The summed E-state index contributed by atoms with van der Waals surface area (Å²) >= 11 is 0. The van der Waals surface area contributed by atoms with E-state index in [0.29, 0.717) is 0 Å². The third-order valence-corrected chi connectivity index (χ3v) is 3.33. The molecule has 0 unspecified atom stereocenters. The molecule has 0 aliphatic carbocycles. The van der Waals surface area contributed by atoms with Crippen LogP contribution in [-0.4, -0.2) is 28.9 Å². The second-order valence-corrected chi connectivity index (χ2v) is 5.25. The first-order chi connectivity index (χ1) is 8.82. The van der Waals surface area contributed by atoms with Crippen LogP contribution in [0.3, 0.4) is 0 Å². The molecule has 19 heavy (non-hydrogen) atoms. The summed E-state index contributed by atoms with van der Waals surface area (Å²) in [5.74, 6) is -0.611. The zero-order valence-corrected chi connectivity index (χ0v) is 11.3. The topological polar surface area (TPSA) is 88.3 Å². The number of nitrogens with zero attached hydrogens (tertiary/aromatic N) is 2. The molecule has 1 saturated heterocycles. The van der Waals surface area contributed by atoms with E-state index in [4.69, 9.17) is 5.73 Å². The number of anilines is 1. The molecule has 2 amide bonds. The molecule has 3 N–H and O–H groups in total. The fourth-order valence-corrected chi connectivity index (χ4v) is 2.02. The van der Waals surface area contributed by atoms with Crippen LogP contribution in [0.25, 0.3) is 0 Å². The summed E-state index contributed by atoms with van der Waals surface area (Å²) in [5.41, 5.74) is 6.47. The van der Waals surface area contributed by atoms with Crippen molar-refractivity contribution < 1.29 is 9.59 Å². The molecule has 6 heteroatoms. The SMILES string of the molecule is C[C@@H](N)c1ccc(N2CC(=O)NC(=O)C2(C)C)cn1. The van der Waals surface area contributed by atoms with Gasteiger partial charge in [-0.25, -0.2) is 0 Å². The third-order valence-electron chi connectivity index (χ3n) is 3.33. The maximum Gasteiger partial charge on any atom is 0.251 e. The number of piperazine rings is 1. The normalized spacial score (nSPS) is 20.1. The highest BCUT2D eigenvalue weighted by molar-refractivity contribution is 6.06. The van der Waals surface area contributed by atoms with E-state index in [2.05, 4.69) is 10.3 Å². The van der Waals surface area contributed by atoms with Crippen molar-refractivity contribution in [2.24, 2.45) is 5.73 Å². The second kappa shape index (κ2) is 4.62. The molecule has 0 bridgehead atoms. The Morgan fingerprint density at radius 3 is 2.63 bits per heavy atom. The Bertz CT molecular complexity index is 508. The largest absolute Gasteiger partial charge is 0.347 e. The standard InChI is InChI=1S/C13H18N4O2/c1-8(14)10-5-4-9(6-15-10)17-7-11(18)16-12(19)13(17,2)3/h4-6,8H,7,14H2,1-3H3,(H,16,18,19)/t8-/m1/s1. The van der Waals surface area contributed by atoms with Crippen molar-refractivity contribution in [2.45, 2.75) is 32.4 Å². The van der Waals surface area contributed by atoms with Crippen LogP contribution >= 0.6 is 0 Å². The van der Waals surface area contributed by atoms with E-state index in [0.717, 1.165) is 11.4 Å². The number of nitrogens with two attached hydrogens (primary N) is 1. The number of hydrogen-bond donors (Lipinski definition) is 2. The number of carbonyl (C=O) groups is 2. The van der Waals surface area contributed by atoms with Crippen molar-refractivity contribution in [3.05, 3.63) is 24.0 Å². The molecule has 2 heterocycles. The van der Waals surface area contributed by atoms with Crippen molar-refractivity contribution in [2.75, 3.05) is 11.4 Å². The van der Waals surface area contributed by atoms with Gasteiger partial charge in [0.25, 0.3) is 5.91 Å². The first-order valence-electron chi connectivity index (χ1n) is 6.16. The average Bonchev–Trinajstić information content (AvgIpc) is 2.34. The Kier molecular flexibility index (Phi) is 3.28. The molecular weight excluding hydrogens is 244 g/mol. The van der Waals surface area contributed by atoms with Gasteiger partial charge in [0.15, 0.2) is 0 Å². The van der Waals surface area contributed by atoms with E-state index < -0.39 is 5.54 Å². The fraction of sp³-hybridized carbons (Fsp3) is 0.462. The van der Waals surface area contributed by atoms with Crippen LogP contribution in [-0.2, 0) is 9.59 Å². The van der Waals surface area contributed by atoms with E-state index in [1.54, 1.807) is 24.9 Å². The zero-order chi connectivity index (χ0) is 14.2. The number of nitrogens with one attached hydrogen (secondary N) is 1.